The number of nitrogens with one attached hydrogen (secondary N) is 1. The number of rotatable bonds is 4. The highest BCUT2D eigenvalue weighted by Crippen LogP contribution is 2.39. The lowest BCUT2D eigenvalue weighted by atomic mass is 10.0. The highest BCUT2D eigenvalue weighted by Gasteiger charge is 2.32. The molecule has 0 unspecified atom stereocenters. The van der Waals surface area contributed by atoms with Crippen molar-refractivity contribution in [2.24, 2.45) is 0 Å². The lowest BCUT2D eigenvalue weighted by Gasteiger charge is -2.12. The third kappa shape index (κ3) is 3.08. The first-order valence-electron chi connectivity index (χ1n) is 7.39. The first-order valence-corrected chi connectivity index (χ1v) is 7.39. The van der Waals surface area contributed by atoms with E-state index in [1.54, 1.807) is 19.1 Å². The Morgan fingerprint density at radius 1 is 1.26 bits per heavy atom. The third-order valence-electron chi connectivity index (χ3n) is 3.83. The van der Waals surface area contributed by atoms with E-state index < -0.39 is 5.82 Å². The van der Waals surface area contributed by atoms with Crippen molar-refractivity contribution in [1.29, 1.82) is 0 Å². The Kier molecular flexibility index (Phi) is 4.10. The van der Waals surface area contributed by atoms with Crippen LogP contribution in [-0.2, 0) is 4.79 Å². The number of ether oxygens (including phenoxy) is 1. The Balaban J connectivity index is 1.72. The predicted octanol–water partition coefficient (Wildman–Crippen LogP) is 3.53. The van der Waals surface area contributed by atoms with E-state index in [2.05, 4.69) is 5.32 Å². The van der Waals surface area contributed by atoms with Crippen LogP contribution in [0.1, 0.15) is 35.2 Å². The molecule has 1 aliphatic rings. The van der Waals surface area contributed by atoms with Gasteiger partial charge in [-0.3, -0.25) is 9.59 Å². The van der Waals surface area contributed by atoms with Crippen LogP contribution in [0.25, 0.3) is 0 Å². The number of hydrogen-bond acceptors (Lipinski definition) is 3. The minimum atomic E-state index is -0.403. The van der Waals surface area contributed by atoms with Crippen LogP contribution < -0.4 is 10.1 Å². The fourth-order valence-electron chi connectivity index (χ4n) is 2.81. The maximum atomic E-state index is 13.9. The second kappa shape index (κ2) is 6.20. The summed E-state index contributed by atoms with van der Waals surface area (Å²) in [5.74, 6) is -0.796. The van der Waals surface area contributed by atoms with Gasteiger partial charge in [0.1, 0.15) is 11.6 Å². The molecule has 0 aliphatic heterocycles. The van der Waals surface area contributed by atoms with E-state index in [0.717, 1.165) is 0 Å². The largest absolute Gasteiger partial charge is 0.483 e. The smallest absolute Gasteiger partial charge is 0.262 e. The van der Waals surface area contributed by atoms with Crippen molar-refractivity contribution in [2.75, 3.05) is 11.9 Å². The summed E-state index contributed by atoms with van der Waals surface area (Å²) in [6.45, 7) is 1.56. The van der Waals surface area contributed by atoms with E-state index in [1.807, 2.05) is 18.2 Å². The van der Waals surface area contributed by atoms with Crippen molar-refractivity contribution in [3.8, 4) is 5.75 Å². The molecule has 3 rings (SSSR count). The molecule has 0 saturated heterocycles. The van der Waals surface area contributed by atoms with Gasteiger partial charge in [-0.1, -0.05) is 25.1 Å². The topological polar surface area (TPSA) is 55.4 Å². The molecule has 0 bridgehead atoms. The number of benzene rings is 2. The number of Topliss-reactive ketones (excluding diaryl/α,β-unsaturated/α-hetero) is 1. The molecule has 1 atom stereocenters. The average Bonchev–Trinajstić information content (AvgIpc) is 2.84. The summed E-state index contributed by atoms with van der Waals surface area (Å²) >= 11 is 0. The van der Waals surface area contributed by atoms with Crippen molar-refractivity contribution < 1.29 is 18.7 Å². The Morgan fingerprint density at radius 2 is 2.00 bits per heavy atom. The van der Waals surface area contributed by atoms with E-state index in [4.69, 9.17) is 4.74 Å². The molecule has 1 N–H and O–H groups in total. The molecule has 2 aromatic carbocycles. The summed E-state index contributed by atoms with van der Waals surface area (Å²) in [5.41, 5.74) is 1.32. The molecule has 0 heterocycles. The molecule has 5 heteroatoms. The summed E-state index contributed by atoms with van der Waals surface area (Å²) in [6.07, 6.45) is 0.267. The first-order chi connectivity index (χ1) is 11.1. The SMILES string of the molecule is C[C@@H]1CC(=O)c2c(OCC(=O)Nc3ccccc3)ccc(F)c21. The van der Waals surface area contributed by atoms with Gasteiger partial charge in [0.2, 0.25) is 0 Å². The molecule has 118 valence electrons. The molecular formula is C18H16FNO3. The minimum Gasteiger partial charge on any atom is -0.483 e. The molecule has 0 saturated carbocycles. The monoisotopic (exact) mass is 313 g/mol. The minimum absolute atomic E-state index is 0.148. The Labute approximate surface area is 133 Å². The van der Waals surface area contributed by atoms with E-state index in [9.17, 15) is 14.0 Å². The van der Waals surface area contributed by atoms with Crippen LogP contribution in [0.15, 0.2) is 42.5 Å². The van der Waals surface area contributed by atoms with Gasteiger partial charge in [0, 0.05) is 17.7 Å². The zero-order valence-electron chi connectivity index (χ0n) is 12.6. The molecule has 1 aliphatic carbocycles. The maximum absolute atomic E-state index is 13.9. The molecular weight excluding hydrogens is 297 g/mol. The molecule has 0 radical (unpaired) electrons. The Hall–Kier alpha value is -2.69. The Bertz CT molecular complexity index is 758. The van der Waals surface area contributed by atoms with Gasteiger partial charge in [-0.15, -0.1) is 0 Å². The van der Waals surface area contributed by atoms with Crippen molar-refractivity contribution in [2.45, 2.75) is 19.3 Å². The Morgan fingerprint density at radius 3 is 2.74 bits per heavy atom. The molecule has 4 nitrogen and oxygen atoms in total. The van der Waals surface area contributed by atoms with Gasteiger partial charge in [-0.25, -0.2) is 4.39 Å². The maximum Gasteiger partial charge on any atom is 0.262 e. The number of anilines is 1. The zero-order chi connectivity index (χ0) is 16.4. The lowest BCUT2D eigenvalue weighted by molar-refractivity contribution is -0.118. The number of amides is 1. The van der Waals surface area contributed by atoms with Crippen LogP contribution in [0.5, 0.6) is 5.75 Å². The number of para-hydroxylation sites is 1. The van der Waals surface area contributed by atoms with Crippen molar-refractivity contribution in [3.63, 3.8) is 0 Å². The molecule has 0 fully saturated rings. The summed E-state index contributed by atoms with van der Waals surface area (Å²) in [7, 11) is 0. The molecule has 2 aromatic rings. The van der Waals surface area contributed by atoms with Crippen LogP contribution in [0.4, 0.5) is 10.1 Å². The summed E-state index contributed by atoms with van der Waals surface area (Å²) < 4.78 is 19.4. The quantitative estimate of drug-likeness (QED) is 0.939. The van der Waals surface area contributed by atoms with Gasteiger partial charge >= 0.3 is 0 Å². The van der Waals surface area contributed by atoms with Gasteiger partial charge in [-0.2, -0.15) is 0 Å². The zero-order valence-corrected chi connectivity index (χ0v) is 12.6. The standard InChI is InChI=1S/C18H16FNO3/c1-11-9-14(21)18-15(8-7-13(19)17(11)18)23-10-16(22)20-12-5-3-2-4-6-12/h2-8,11H,9-10H2,1H3,(H,20,22)/t11-/m1/s1. The van der Waals surface area contributed by atoms with Crippen molar-refractivity contribution >= 4 is 17.4 Å². The number of carbonyl (C=O) groups is 2. The van der Waals surface area contributed by atoms with Gasteiger partial charge in [0.15, 0.2) is 12.4 Å². The van der Waals surface area contributed by atoms with Gasteiger partial charge in [0.25, 0.3) is 5.91 Å². The predicted molar refractivity (Wildman–Crippen MR) is 84.3 cm³/mol. The van der Waals surface area contributed by atoms with E-state index in [1.165, 1.54) is 12.1 Å². The number of hydrogen-bond donors (Lipinski definition) is 1. The third-order valence-corrected chi connectivity index (χ3v) is 3.83. The van der Waals surface area contributed by atoms with Crippen LogP contribution in [0.3, 0.4) is 0 Å². The fraction of sp³-hybridized carbons (Fsp3) is 0.222. The summed E-state index contributed by atoms with van der Waals surface area (Å²) in [6, 6.07) is 11.7. The first kappa shape index (κ1) is 15.2. The van der Waals surface area contributed by atoms with Crippen LogP contribution in [0, 0.1) is 5.82 Å². The van der Waals surface area contributed by atoms with E-state index in [0.29, 0.717) is 11.3 Å². The highest BCUT2D eigenvalue weighted by atomic mass is 19.1. The van der Waals surface area contributed by atoms with Crippen LogP contribution in [-0.4, -0.2) is 18.3 Å². The second-order valence-corrected chi connectivity index (χ2v) is 5.57. The van der Waals surface area contributed by atoms with Crippen LogP contribution in [0.2, 0.25) is 0 Å². The fourth-order valence-corrected chi connectivity index (χ4v) is 2.81. The number of ketones is 1. The number of fused-ring (bicyclic) bond motifs is 1. The molecule has 0 aromatic heterocycles. The van der Waals surface area contributed by atoms with Crippen LogP contribution >= 0.6 is 0 Å². The van der Waals surface area contributed by atoms with E-state index >= 15 is 0 Å². The van der Waals surface area contributed by atoms with Gasteiger partial charge < -0.3 is 10.1 Å². The summed E-state index contributed by atoms with van der Waals surface area (Å²) in [4.78, 5) is 23.9. The second-order valence-electron chi connectivity index (χ2n) is 5.57. The number of halogens is 1. The molecule has 23 heavy (non-hydrogen) atoms. The van der Waals surface area contributed by atoms with Gasteiger partial charge in [0.05, 0.1) is 5.56 Å². The van der Waals surface area contributed by atoms with Gasteiger partial charge in [-0.05, 0) is 30.2 Å². The highest BCUT2D eigenvalue weighted by molar-refractivity contribution is 6.04. The lowest BCUT2D eigenvalue weighted by Crippen LogP contribution is -2.20. The van der Waals surface area contributed by atoms with Crippen molar-refractivity contribution in [3.05, 3.63) is 59.4 Å². The molecule has 1 amide bonds. The average molecular weight is 313 g/mol. The van der Waals surface area contributed by atoms with E-state index in [-0.39, 0.29) is 41.9 Å². The molecule has 0 spiro atoms. The number of carbonyl (C=O) groups excluding carboxylic acids is 2. The van der Waals surface area contributed by atoms with Crippen molar-refractivity contribution in [1.82, 2.24) is 0 Å². The normalized spacial score (nSPS) is 16.1. The summed E-state index contributed by atoms with van der Waals surface area (Å²) in [5, 5.41) is 2.69.